The maximum atomic E-state index is 5.09. The number of hydrazone groups is 1. The highest BCUT2D eigenvalue weighted by Crippen LogP contribution is 2.82. The molecule has 0 bridgehead atoms. The van der Waals surface area contributed by atoms with Crippen molar-refractivity contribution in [2.45, 2.75) is 0 Å². The Labute approximate surface area is 44.8 Å². The van der Waals surface area contributed by atoms with Gasteiger partial charge >= 0.3 is 0 Å². The molecule has 0 spiro atoms. The Hall–Kier alpha value is -0.210. The first-order valence-electron chi connectivity index (χ1n) is 1.92. The third kappa shape index (κ3) is 0.108. The van der Waals surface area contributed by atoms with Crippen LogP contribution in [0.2, 0.25) is 0 Å². The largest absolute Gasteiger partial charge is 0.212 e. The zero-order chi connectivity index (χ0) is 4.65. The summed E-state index contributed by atoms with van der Waals surface area (Å²) in [7, 11) is 0. The van der Waals surface area contributed by atoms with E-state index in [9.17, 15) is 0 Å². The first-order valence-corrected chi connectivity index (χ1v) is 4.68. The van der Waals surface area contributed by atoms with Crippen molar-refractivity contribution in [3.63, 3.8) is 0 Å². The Morgan fingerprint density at radius 1 is 1.71 bits per heavy atom. The number of aliphatic imine (C=N–C) groups is 1. The van der Waals surface area contributed by atoms with Gasteiger partial charge in [0.05, 0.1) is 0 Å². The van der Waals surface area contributed by atoms with E-state index in [0.29, 0.717) is 0 Å². The fourth-order valence-electron chi connectivity index (χ4n) is 0.821. The molecule has 7 heavy (non-hydrogen) atoms. The normalized spacial score (nSPS) is 47.7. The van der Waals surface area contributed by atoms with Gasteiger partial charge in [0.15, 0.2) is 11.8 Å². The molecule has 0 radical (unpaired) electrons. The second-order valence-electron chi connectivity index (χ2n) is 1.68. The highest BCUT2D eigenvalue weighted by Gasteiger charge is 2.71. The summed E-state index contributed by atoms with van der Waals surface area (Å²) in [5, 5.41) is 3.93. The van der Waals surface area contributed by atoms with Gasteiger partial charge < -0.3 is 0 Å². The molecular weight excluding hydrogens is 129 g/mol. The molecule has 3 aliphatic rings. The predicted octanol–water partition coefficient (Wildman–Crippen LogP) is 0.351. The van der Waals surface area contributed by atoms with Crippen LogP contribution in [0.15, 0.2) is 10.1 Å². The lowest BCUT2D eigenvalue weighted by Gasteiger charge is -2.07. The minimum atomic E-state index is -1.13. The van der Waals surface area contributed by atoms with Crippen LogP contribution in [0.4, 0.5) is 0 Å². The molecule has 34 valence electrons. The van der Waals surface area contributed by atoms with Crippen LogP contribution in [0.1, 0.15) is 0 Å². The molecule has 0 aromatic heterocycles. The number of hydrogen-bond acceptors (Lipinski definition) is 3. The minimum Gasteiger partial charge on any atom is -0.201 e. The highest BCUT2D eigenvalue weighted by molar-refractivity contribution is 8.37. The first kappa shape index (κ1) is 2.95. The molecular formula is C2N3PS. The van der Waals surface area contributed by atoms with Crippen molar-refractivity contribution in [3.05, 3.63) is 0 Å². The molecule has 0 aromatic rings. The molecule has 3 nitrogen and oxygen atoms in total. The van der Waals surface area contributed by atoms with Gasteiger partial charge in [-0.05, 0) is 0 Å². The van der Waals surface area contributed by atoms with Crippen molar-refractivity contribution >= 4 is 29.1 Å². The van der Waals surface area contributed by atoms with E-state index in [-0.39, 0.29) is 0 Å². The van der Waals surface area contributed by atoms with E-state index in [0.717, 1.165) is 11.2 Å². The zero-order valence-corrected chi connectivity index (χ0v) is 4.91. The minimum absolute atomic E-state index is 0.956. The molecule has 1 fully saturated rings. The fraction of sp³-hybridized carbons (Fsp3) is 0. The molecule has 3 aliphatic heterocycles. The third-order valence-corrected chi connectivity index (χ3v) is 4.96. The number of amidine groups is 2. The van der Waals surface area contributed by atoms with Crippen molar-refractivity contribution in [1.82, 2.24) is 4.78 Å². The molecule has 1 saturated heterocycles. The molecule has 1 atom stereocenters. The molecule has 0 aliphatic carbocycles. The van der Waals surface area contributed by atoms with Crippen LogP contribution in [0.3, 0.4) is 0 Å². The van der Waals surface area contributed by atoms with Crippen LogP contribution in [0.5, 0.6) is 0 Å². The van der Waals surface area contributed by atoms with Gasteiger partial charge in [-0.25, -0.2) is 4.99 Å². The molecule has 0 N–H and O–H groups in total. The Morgan fingerprint density at radius 3 is 2.57 bits per heavy atom. The van der Waals surface area contributed by atoms with Gasteiger partial charge in [-0.3, -0.25) is 0 Å². The molecule has 3 heterocycles. The molecule has 0 saturated carbocycles. The van der Waals surface area contributed by atoms with Crippen LogP contribution >= 0.6 is 6.19 Å². The van der Waals surface area contributed by atoms with Crippen LogP contribution in [-0.4, -0.2) is 15.9 Å². The number of fused-ring (bicyclic) bond motifs is 1. The highest BCUT2D eigenvalue weighted by atomic mass is 32.4. The summed E-state index contributed by atoms with van der Waals surface area (Å²) in [5.41, 5.74) is 2.05. The summed E-state index contributed by atoms with van der Waals surface area (Å²) in [6.45, 7) is 0. The fourth-order valence-corrected chi connectivity index (χ4v) is 3.50. The lowest BCUT2D eigenvalue weighted by molar-refractivity contribution is 0.801. The zero-order valence-electron chi connectivity index (χ0n) is 3.20. The average Bonchev–Trinajstić information content (AvgIpc) is 2.27. The van der Waals surface area contributed by atoms with Crippen molar-refractivity contribution in [2.24, 2.45) is 10.1 Å². The van der Waals surface area contributed by atoms with Gasteiger partial charge in [-0.2, -0.15) is 4.78 Å². The Bertz CT molecular complexity index is 277. The van der Waals surface area contributed by atoms with Gasteiger partial charge in [0.1, 0.15) is 0 Å². The monoisotopic (exact) mass is 129 g/mol. The summed E-state index contributed by atoms with van der Waals surface area (Å²) >= 11 is 5.09. The van der Waals surface area contributed by atoms with E-state index in [2.05, 4.69) is 10.1 Å². The standard InChI is InChI=1S/C2N3PS/c7-6-1-3-2(6)5(6)4-1. The molecule has 3 rings (SSSR count). The smallest absolute Gasteiger partial charge is 0.201 e. The molecule has 0 aromatic carbocycles. The number of rotatable bonds is 0. The Balaban J connectivity index is 2.74. The van der Waals surface area contributed by atoms with E-state index in [1.54, 1.807) is 0 Å². The summed E-state index contributed by atoms with van der Waals surface area (Å²) in [6, 6.07) is 0. The predicted molar refractivity (Wildman–Crippen MR) is 31.0 cm³/mol. The van der Waals surface area contributed by atoms with Crippen LogP contribution < -0.4 is 0 Å². The van der Waals surface area contributed by atoms with E-state index in [1.807, 2.05) is 4.78 Å². The lowest BCUT2D eigenvalue weighted by atomic mass is 11.2. The van der Waals surface area contributed by atoms with Crippen molar-refractivity contribution in [2.75, 3.05) is 0 Å². The summed E-state index contributed by atoms with van der Waals surface area (Å²) < 4.78 is 1.87. The molecule has 1 unspecified atom stereocenters. The maximum Gasteiger partial charge on any atom is 0.212 e. The van der Waals surface area contributed by atoms with E-state index < -0.39 is 6.19 Å². The topological polar surface area (TPSA) is 27.7 Å². The van der Waals surface area contributed by atoms with Crippen LogP contribution in [-0.2, 0) is 11.8 Å². The van der Waals surface area contributed by atoms with Gasteiger partial charge in [0.2, 0.25) is 5.58 Å². The van der Waals surface area contributed by atoms with Crippen LogP contribution in [0, 0.1) is 0 Å². The number of nitrogens with zero attached hydrogens (tertiary/aromatic N) is 3. The molecule has 5 heteroatoms. The van der Waals surface area contributed by atoms with Gasteiger partial charge in [-0.1, -0.05) is 11.8 Å². The molecule has 0 amide bonds. The van der Waals surface area contributed by atoms with Crippen molar-refractivity contribution in [1.29, 1.82) is 0 Å². The van der Waals surface area contributed by atoms with Crippen molar-refractivity contribution in [3.8, 4) is 0 Å². The van der Waals surface area contributed by atoms with E-state index in [1.165, 1.54) is 0 Å². The van der Waals surface area contributed by atoms with E-state index in [4.69, 9.17) is 11.8 Å². The van der Waals surface area contributed by atoms with Crippen molar-refractivity contribution < 1.29 is 0 Å². The lowest BCUT2D eigenvalue weighted by Crippen LogP contribution is -2.00. The Morgan fingerprint density at radius 2 is 2.57 bits per heavy atom. The summed E-state index contributed by atoms with van der Waals surface area (Å²) in [5.74, 6) is 0. The van der Waals surface area contributed by atoms with Crippen LogP contribution in [0.25, 0.3) is 0 Å². The quantitative estimate of drug-likeness (QED) is 0.348. The first-order chi connectivity index (χ1) is 3.33. The average molecular weight is 129 g/mol. The van der Waals surface area contributed by atoms with Gasteiger partial charge in [-0.15, -0.1) is 5.10 Å². The van der Waals surface area contributed by atoms with Gasteiger partial charge in [0, 0.05) is 0 Å². The van der Waals surface area contributed by atoms with E-state index >= 15 is 0 Å². The SMILES string of the molecule is S=P12C3=NN1C2=N3. The second kappa shape index (κ2) is 0.471. The second-order valence-corrected chi connectivity index (χ2v) is 5.59. The number of hydrogen-bond donors (Lipinski definition) is 0. The van der Waals surface area contributed by atoms with Gasteiger partial charge in [0.25, 0.3) is 0 Å². The third-order valence-electron chi connectivity index (χ3n) is 1.33. The summed E-state index contributed by atoms with van der Waals surface area (Å²) in [4.78, 5) is 3.98. The Kier molecular flexibility index (Phi) is 0.198. The summed E-state index contributed by atoms with van der Waals surface area (Å²) in [6.07, 6.45) is -1.13. The maximum absolute atomic E-state index is 5.09.